The average molecular weight is 415 g/mol. The molecule has 0 aliphatic carbocycles. The molecule has 1 fully saturated rings. The summed E-state index contributed by atoms with van der Waals surface area (Å²) in [6.45, 7) is 15.2. The van der Waals surface area contributed by atoms with E-state index in [4.69, 9.17) is 9.47 Å². The minimum atomic E-state index is -0.150. The van der Waals surface area contributed by atoms with Crippen molar-refractivity contribution < 1.29 is 28.0 Å². The molecule has 1 aliphatic rings. The Morgan fingerprint density at radius 1 is 1.00 bits per heavy atom. The molecule has 1 saturated heterocycles. The van der Waals surface area contributed by atoms with E-state index in [1.807, 2.05) is 41.9 Å². The molecule has 6 nitrogen and oxygen atoms in total. The second kappa shape index (κ2) is 10.3. The first-order valence-corrected chi connectivity index (χ1v) is 11.3. The zero-order chi connectivity index (χ0) is 22.6. The van der Waals surface area contributed by atoms with Gasteiger partial charge in [0.1, 0.15) is 18.2 Å². The topological polar surface area (TPSA) is 52.6 Å². The van der Waals surface area contributed by atoms with Crippen LogP contribution in [0.3, 0.4) is 0 Å². The number of ether oxygens (including phenoxy) is 2. The molecule has 0 bridgehead atoms. The van der Waals surface area contributed by atoms with Crippen molar-refractivity contribution in [2.24, 2.45) is 11.8 Å². The number of hydrogen-bond donors (Lipinski definition) is 0. The van der Waals surface area contributed by atoms with Crippen LogP contribution in [-0.2, 0) is 9.47 Å². The molecule has 5 atom stereocenters. The third-order valence-corrected chi connectivity index (χ3v) is 6.30. The molecule has 29 heavy (non-hydrogen) atoms. The molecular formula is C23H46N2O4+2. The molecule has 0 saturated carbocycles. The Balaban J connectivity index is 2.36. The molecule has 2 amide bonds. The highest BCUT2D eigenvalue weighted by Gasteiger charge is 2.66. The van der Waals surface area contributed by atoms with Crippen LogP contribution in [0.1, 0.15) is 74.1 Å². The van der Waals surface area contributed by atoms with Crippen LogP contribution in [0.2, 0.25) is 0 Å². The smallest absolute Gasteiger partial charge is 0.417 e. The van der Waals surface area contributed by atoms with Crippen LogP contribution in [0.4, 0.5) is 9.59 Å². The summed E-state index contributed by atoms with van der Waals surface area (Å²) in [6, 6.07) is 0.671. The lowest BCUT2D eigenvalue weighted by Crippen LogP contribution is -2.49. The molecule has 0 N–H and O–H groups in total. The zero-order valence-electron chi connectivity index (χ0n) is 20.5. The van der Waals surface area contributed by atoms with Gasteiger partial charge in [0.2, 0.25) is 0 Å². The average Bonchev–Trinajstić information content (AvgIpc) is 3.07. The molecule has 0 spiro atoms. The van der Waals surface area contributed by atoms with Gasteiger partial charge in [-0.2, -0.15) is 9.59 Å². The summed E-state index contributed by atoms with van der Waals surface area (Å²) in [7, 11) is 5.81. The van der Waals surface area contributed by atoms with Crippen LogP contribution in [0, 0.1) is 11.8 Å². The van der Waals surface area contributed by atoms with Crippen molar-refractivity contribution in [3.8, 4) is 0 Å². The molecule has 170 valence electrons. The Labute approximate surface area is 178 Å². The lowest BCUT2D eigenvalue weighted by atomic mass is 9.97. The lowest BCUT2D eigenvalue weighted by molar-refractivity contribution is -0.821. The van der Waals surface area contributed by atoms with Crippen molar-refractivity contribution in [1.29, 1.82) is 0 Å². The third kappa shape index (κ3) is 7.25. The molecular weight excluding hydrogens is 368 g/mol. The van der Waals surface area contributed by atoms with E-state index in [0.717, 1.165) is 32.2 Å². The zero-order valence-corrected chi connectivity index (χ0v) is 20.5. The van der Waals surface area contributed by atoms with Gasteiger partial charge >= 0.3 is 12.2 Å². The fourth-order valence-corrected chi connectivity index (χ4v) is 4.41. The summed E-state index contributed by atoms with van der Waals surface area (Å²) < 4.78 is 11.8. The van der Waals surface area contributed by atoms with Gasteiger partial charge in [0, 0.05) is 12.3 Å². The first kappa shape index (κ1) is 25.9. The molecule has 5 unspecified atom stereocenters. The largest absolute Gasteiger partial charge is 0.516 e. The van der Waals surface area contributed by atoms with Crippen LogP contribution < -0.4 is 0 Å². The second-order valence-electron chi connectivity index (χ2n) is 10.6. The van der Waals surface area contributed by atoms with E-state index < -0.39 is 0 Å². The lowest BCUT2D eigenvalue weighted by Gasteiger charge is -2.28. The van der Waals surface area contributed by atoms with Crippen molar-refractivity contribution >= 4 is 12.2 Å². The highest BCUT2D eigenvalue weighted by atomic mass is 16.6. The quantitative estimate of drug-likeness (QED) is 0.364. The minimum Gasteiger partial charge on any atom is -0.417 e. The van der Waals surface area contributed by atoms with Gasteiger partial charge in [-0.15, -0.1) is 0 Å². The minimum absolute atomic E-state index is 0.0684. The maximum absolute atomic E-state index is 12.4. The molecule has 1 rings (SSSR count). The second-order valence-corrected chi connectivity index (χ2v) is 10.6. The number of carbonyl (C=O) groups is 2. The number of amides is 2. The van der Waals surface area contributed by atoms with Gasteiger partial charge in [0.05, 0.1) is 27.7 Å². The Kier molecular flexibility index (Phi) is 9.15. The first-order chi connectivity index (χ1) is 13.2. The van der Waals surface area contributed by atoms with Crippen LogP contribution in [0.15, 0.2) is 0 Å². The maximum atomic E-state index is 12.4. The SMILES string of the molecule is CC(C)C[N+](C)(C)C(=O)OC(C)CCCC(C)CC1C(C)[N+]1(C)C(=O)OC(C)C. The van der Waals surface area contributed by atoms with E-state index in [9.17, 15) is 9.59 Å². The highest BCUT2D eigenvalue weighted by Crippen LogP contribution is 2.43. The van der Waals surface area contributed by atoms with Gasteiger partial charge in [-0.1, -0.05) is 27.2 Å². The van der Waals surface area contributed by atoms with E-state index in [-0.39, 0.29) is 28.9 Å². The van der Waals surface area contributed by atoms with E-state index in [1.54, 1.807) is 0 Å². The van der Waals surface area contributed by atoms with Crippen LogP contribution in [0.5, 0.6) is 0 Å². The number of nitrogens with zero attached hydrogens (tertiary/aromatic N) is 2. The maximum Gasteiger partial charge on any atom is 0.516 e. The van der Waals surface area contributed by atoms with Crippen molar-refractivity contribution in [3.63, 3.8) is 0 Å². The standard InChI is InChI=1S/C23H46N2O4/c1-16(2)15-24(8,9)22(26)29-19(6)13-11-12-18(5)14-21-20(7)25(21,10)23(27)28-17(3)4/h16-21H,11-15H2,1-10H3/q+2. The van der Waals surface area contributed by atoms with Gasteiger partial charge in [-0.05, 0) is 46.5 Å². The Bertz CT molecular complexity index is 561. The van der Waals surface area contributed by atoms with Gasteiger partial charge in [-0.3, -0.25) is 0 Å². The van der Waals surface area contributed by atoms with Crippen LogP contribution >= 0.6 is 0 Å². The van der Waals surface area contributed by atoms with Crippen LogP contribution in [-0.4, -0.2) is 73.1 Å². The summed E-state index contributed by atoms with van der Waals surface area (Å²) in [4.78, 5) is 24.8. The number of hydrogen-bond acceptors (Lipinski definition) is 4. The predicted octanol–water partition coefficient (Wildman–Crippen LogP) is 5.20. The van der Waals surface area contributed by atoms with Gasteiger partial charge in [0.25, 0.3) is 0 Å². The number of carbonyl (C=O) groups excluding carboxylic acids is 2. The normalized spacial score (nSPS) is 26.3. The molecule has 1 aliphatic heterocycles. The van der Waals surface area contributed by atoms with Gasteiger partial charge in [0.15, 0.2) is 6.04 Å². The number of rotatable bonds is 10. The Hall–Kier alpha value is -1.14. The molecule has 0 aromatic carbocycles. The van der Waals surface area contributed by atoms with Crippen LogP contribution in [0.25, 0.3) is 0 Å². The van der Waals surface area contributed by atoms with E-state index in [1.165, 1.54) is 0 Å². The summed E-state index contributed by atoms with van der Waals surface area (Å²) in [5, 5.41) is 0. The molecule has 6 heteroatoms. The summed E-state index contributed by atoms with van der Waals surface area (Å²) in [5.74, 6) is 0.978. The number of likely N-dealkylation sites (N-methyl/N-ethyl adjacent to an activating group) is 1. The van der Waals surface area contributed by atoms with E-state index >= 15 is 0 Å². The van der Waals surface area contributed by atoms with Gasteiger partial charge < -0.3 is 9.47 Å². The first-order valence-electron chi connectivity index (χ1n) is 11.3. The summed E-state index contributed by atoms with van der Waals surface area (Å²) >= 11 is 0. The summed E-state index contributed by atoms with van der Waals surface area (Å²) in [5.41, 5.74) is 0. The Morgan fingerprint density at radius 3 is 2.10 bits per heavy atom. The van der Waals surface area contributed by atoms with Crippen molar-refractivity contribution in [2.45, 2.75) is 98.4 Å². The highest BCUT2D eigenvalue weighted by molar-refractivity contribution is 5.62. The summed E-state index contributed by atoms with van der Waals surface area (Å²) in [6.07, 6.45) is 3.60. The number of quaternary nitrogens is 2. The van der Waals surface area contributed by atoms with Gasteiger partial charge in [-0.25, -0.2) is 8.97 Å². The van der Waals surface area contributed by atoms with Crippen molar-refractivity contribution in [3.05, 3.63) is 0 Å². The molecule has 0 aromatic heterocycles. The Morgan fingerprint density at radius 2 is 1.59 bits per heavy atom. The fourth-order valence-electron chi connectivity index (χ4n) is 4.41. The van der Waals surface area contributed by atoms with E-state index in [0.29, 0.717) is 28.4 Å². The molecule has 1 heterocycles. The van der Waals surface area contributed by atoms with Crippen molar-refractivity contribution in [1.82, 2.24) is 0 Å². The fraction of sp³-hybridized carbons (Fsp3) is 0.913. The van der Waals surface area contributed by atoms with E-state index in [2.05, 4.69) is 27.7 Å². The monoisotopic (exact) mass is 414 g/mol. The third-order valence-electron chi connectivity index (χ3n) is 6.30. The molecule has 0 aromatic rings. The van der Waals surface area contributed by atoms with Crippen molar-refractivity contribution in [2.75, 3.05) is 27.7 Å². The molecule has 0 radical (unpaired) electrons. The predicted molar refractivity (Wildman–Crippen MR) is 116 cm³/mol.